The Morgan fingerprint density at radius 1 is 0.432 bits per heavy atom. The maximum Gasteiger partial charge on any atom is 0.326 e. The Kier molecular flexibility index (Phi) is 47.6. The second-order valence-corrected chi connectivity index (χ2v) is 35.2. The van der Waals surface area contributed by atoms with Crippen LogP contribution in [0.5, 0.6) is 17.2 Å². The van der Waals surface area contributed by atoms with Gasteiger partial charge in [-0.15, -0.1) is 0 Å². The van der Waals surface area contributed by atoms with Crippen LogP contribution in [0.1, 0.15) is 162 Å². The van der Waals surface area contributed by atoms with Crippen LogP contribution in [0.25, 0.3) is 0 Å². The first-order chi connectivity index (χ1) is 65.6. The molecule has 0 spiro atoms. The number of amides is 16. The van der Waals surface area contributed by atoms with Crippen LogP contribution in [0.2, 0.25) is 0 Å². The van der Waals surface area contributed by atoms with E-state index in [1.54, 1.807) is 41.5 Å². The summed E-state index contributed by atoms with van der Waals surface area (Å²) in [5.74, 6) is -24.6. The monoisotopic (exact) mass is 1950 g/mol. The number of aliphatic carboxylic acids is 3. The van der Waals surface area contributed by atoms with E-state index in [0.717, 1.165) is 11.8 Å². The second kappa shape index (κ2) is 57.3. The van der Waals surface area contributed by atoms with E-state index in [0.29, 0.717) is 29.5 Å². The Bertz CT molecular complexity index is 4830. The number of nitrogens with one attached hydrogen (secondary N) is 16. The molecule has 29 N–H and O–H groups in total. The number of carboxylic acid groups (broad SMARTS) is 3. The highest BCUT2D eigenvalue weighted by atomic mass is 16.4. The molecule has 0 unspecified atom stereocenters. The number of carbonyl (C=O) groups excluding carboxylic acids is 16. The molecule has 4 aromatic rings. The highest BCUT2D eigenvalue weighted by molar-refractivity contribution is 6.02. The lowest BCUT2D eigenvalue weighted by Gasteiger charge is -2.31. The summed E-state index contributed by atoms with van der Waals surface area (Å²) in [6.07, 6.45) is -1.91. The van der Waals surface area contributed by atoms with Crippen LogP contribution in [0.15, 0.2) is 85.3 Å². The summed E-state index contributed by atoms with van der Waals surface area (Å²) < 4.78 is 0. The van der Waals surface area contributed by atoms with E-state index in [1.165, 1.54) is 106 Å². The molecule has 19 atom stereocenters. The molecule has 1 aliphatic rings. The zero-order chi connectivity index (χ0) is 104. The number of rotatable bonds is 59. The topological polar surface area (TPSA) is 771 Å². The number of nitrogens with zero attached hydrogens (tertiary/aromatic N) is 2. The molecule has 5 rings (SSSR count). The summed E-state index contributed by atoms with van der Waals surface area (Å²) in [6.45, 7) is 12.3. The largest absolute Gasteiger partial charge is 0.508 e. The highest BCUT2D eigenvalue weighted by Gasteiger charge is 2.44. The number of aromatic nitrogens is 2. The molecular formula is C91H134N20O28. The molecule has 0 radical (unpaired) electrons. The first kappa shape index (κ1) is 115. The molecule has 48 heteroatoms. The molecule has 0 bridgehead atoms. The molecule has 2 heterocycles. The zero-order valence-corrected chi connectivity index (χ0v) is 79.2. The molecular weight excluding hydrogens is 1820 g/mol. The normalized spacial score (nSPS) is 16.2. The van der Waals surface area contributed by atoms with Crippen molar-refractivity contribution in [2.75, 3.05) is 32.8 Å². The van der Waals surface area contributed by atoms with Gasteiger partial charge in [-0.05, 0) is 142 Å². The number of carboxylic acids is 3. The quantitative estimate of drug-likeness (QED) is 0.0184. The molecule has 1 saturated heterocycles. The van der Waals surface area contributed by atoms with Crippen LogP contribution < -0.4 is 91.2 Å². The number of imidazole rings is 1. The van der Waals surface area contributed by atoms with Crippen LogP contribution in [-0.2, 0) is 117 Å². The highest BCUT2D eigenvalue weighted by Crippen LogP contribution is 2.23. The van der Waals surface area contributed by atoms with Crippen molar-refractivity contribution in [1.29, 1.82) is 0 Å². The molecule has 0 saturated carbocycles. The Labute approximate surface area is 801 Å². The van der Waals surface area contributed by atoms with Gasteiger partial charge in [-0.2, -0.15) is 0 Å². The van der Waals surface area contributed by atoms with Gasteiger partial charge in [-0.25, -0.2) is 9.78 Å². The summed E-state index contributed by atoms with van der Waals surface area (Å²) in [4.78, 5) is 272. The fourth-order valence-electron chi connectivity index (χ4n) is 14.7. The summed E-state index contributed by atoms with van der Waals surface area (Å²) >= 11 is 0. The number of hydrogen-bond acceptors (Lipinski definition) is 28. The molecule has 139 heavy (non-hydrogen) atoms. The average Bonchev–Trinajstić information content (AvgIpc) is 1.60. The van der Waals surface area contributed by atoms with Crippen molar-refractivity contribution in [3.63, 3.8) is 0 Å². The number of phenols is 3. The van der Waals surface area contributed by atoms with Gasteiger partial charge in [0.15, 0.2) is 0 Å². The standard InChI is InChI=1S/C91H134N20O28/c1-11-47(7)73(87(134)105-64(37-54-40-94-44-96-54)77(124)95-41-70(118)108-75(50(10)114)89(136)104-63(36-53-22-28-57(117)29-23-53)79(126)97-58(91(138)139)16-13-14-30-92)110-84(131)66(39-72(121)122)103-86(133)69-17-15-31-111(69)90(137)68(43-113)107-85(132)67(42-112)106-88(135)74(48(8)12-2)109-83(130)60(33-46(5)6)99-82(129)65(38-71(119)120)102-81(128)62(35-52-20-26-56(116)27-21-52)101-80(127)61(34-51-18-24-55(115)25-19-51)100-78(125)59(32-45(3)4)98-76(123)49(9)93/h18-29,40,44-50,58-69,73-75,112-117H,11-17,30-39,41-43,92-93H2,1-10H3,(H,94,96)(H,95,124)(H,97,126)(H,98,123)(H,99,129)(H,100,125)(H,101,127)(H,102,128)(H,103,133)(H,104,136)(H,105,134)(H,106,135)(H,107,132)(H,108,118)(H,109,130)(H,110,131)(H,119,120)(H,121,122)(H,138,139)/t47-,48-,49-,50+,58-,59-,60-,61-,62-,63-,64-,65-,66-,67-,68-,69-,73-,74-,75-/m0/s1. The molecule has 48 nitrogen and oxygen atoms in total. The fourth-order valence-corrected chi connectivity index (χ4v) is 14.7. The lowest BCUT2D eigenvalue weighted by molar-refractivity contribution is -0.145. The van der Waals surface area contributed by atoms with E-state index in [9.17, 15) is 137 Å². The number of aliphatic hydroxyl groups excluding tert-OH is 3. The van der Waals surface area contributed by atoms with Gasteiger partial charge in [-0.1, -0.05) is 105 Å². The number of nitrogens with two attached hydrogens (primary N) is 2. The number of aromatic amines is 1. The summed E-state index contributed by atoms with van der Waals surface area (Å²) in [5.41, 5.74) is 12.7. The maximum absolute atomic E-state index is 14.7. The van der Waals surface area contributed by atoms with Gasteiger partial charge in [-0.3, -0.25) is 86.3 Å². The second-order valence-electron chi connectivity index (χ2n) is 35.2. The minimum Gasteiger partial charge on any atom is -0.508 e. The smallest absolute Gasteiger partial charge is 0.326 e. The lowest BCUT2D eigenvalue weighted by atomic mass is 9.96. The van der Waals surface area contributed by atoms with Gasteiger partial charge < -0.3 is 147 Å². The third kappa shape index (κ3) is 38.5. The van der Waals surface area contributed by atoms with Gasteiger partial charge in [0.2, 0.25) is 94.5 Å². The van der Waals surface area contributed by atoms with Crippen LogP contribution in [0.4, 0.5) is 0 Å². The fraction of sp³-hybridized carbons (Fsp3) is 0.560. The van der Waals surface area contributed by atoms with Gasteiger partial charge >= 0.3 is 17.9 Å². The number of aromatic hydroxyl groups is 3. The van der Waals surface area contributed by atoms with E-state index in [-0.39, 0.29) is 106 Å². The Hall–Kier alpha value is -14.0. The Morgan fingerprint density at radius 3 is 1.20 bits per heavy atom. The molecule has 16 amide bonds. The number of phenolic OH excluding ortho intramolecular Hbond substituents is 3. The molecule has 3 aromatic carbocycles. The van der Waals surface area contributed by atoms with Crippen LogP contribution >= 0.6 is 0 Å². The van der Waals surface area contributed by atoms with Gasteiger partial charge in [0.25, 0.3) is 0 Å². The predicted molar refractivity (Wildman–Crippen MR) is 495 cm³/mol. The SMILES string of the molecule is CC[C@H](C)[C@H](NC(=O)[C@H](CC(=O)O)NC(=O)[C@@H]1CCCN1C(=O)[C@H](CO)NC(=O)[C@H](CO)NC(=O)[C@@H](NC(=O)[C@H](CC(C)C)NC(=O)[C@H](CC(=O)O)NC(=O)[C@H](Cc1ccc(O)cc1)NC(=O)[C@H](Cc1ccc(O)cc1)NC(=O)[C@H](CC(C)C)NC(=O)[C@H](C)N)[C@@H](C)CC)C(=O)N[C@@H](Cc1cnc[nH]1)C(=O)NCC(=O)N[C@H](C(=O)N[C@@H](Cc1ccc(O)cc1)C(=O)N[C@@H](CCCCN)C(=O)O)[C@@H](C)O. The number of likely N-dealkylation sites (tertiary alicyclic amines) is 1. The summed E-state index contributed by atoms with van der Waals surface area (Å²) in [6, 6.07) is -9.89. The van der Waals surface area contributed by atoms with E-state index in [4.69, 9.17) is 11.5 Å². The van der Waals surface area contributed by atoms with Crippen LogP contribution in [0, 0.1) is 23.7 Å². The minimum absolute atomic E-state index is 0.0222. The molecule has 1 aliphatic heterocycles. The first-order valence-corrected chi connectivity index (χ1v) is 45.8. The number of unbranched alkanes of at least 4 members (excludes halogenated alkanes) is 1. The van der Waals surface area contributed by atoms with Crippen molar-refractivity contribution < 1.29 is 137 Å². The number of hydrogen-bond donors (Lipinski definition) is 27. The molecule has 0 aliphatic carbocycles. The van der Waals surface area contributed by atoms with E-state index >= 15 is 0 Å². The van der Waals surface area contributed by atoms with Crippen LogP contribution in [0.3, 0.4) is 0 Å². The van der Waals surface area contributed by atoms with Crippen molar-refractivity contribution in [2.24, 2.45) is 35.1 Å². The number of benzene rings is 3. The van der Waals surface area contributed by atoms with Crippen LogP contribution in [-0.4, -0.2) is 309 Å². The van der Waals surface area contributed by atoms with Crippen molar-refractivity contribution >= 4 is 112 Å². The average molecular weight is 1960 g/mol. The van der Waals surface area contributed by atoms with E-state index in [2.05, 4.69) is 89.7 Å². The zero-order valence-electron chi connectivity index (χ0n) is 79.2. The van der Waals surface area contributed by atoms with Gasteiger partial charge in [0, 0.05) is 44.1 Å². The predicted octanol–water partition coefficient (Wildman–Crippen LogP) is -5.25. The van der Waals surface area contributed by atoms with Crippen molar-refractivity contribution in [2.45, 2.75) is 268 Å². The number of aliphatic hydroxyl groups is 3. The molecule has 1 fully saturated rings. The van der Waals surface area contributed by atoms with Crippen molar-refractivity contribution in [3.05, 3.63) is 108 Å². The number of H-pyrrole nitrogens is 1. The molecule has 766 valence electrons. The Morgan fingerprint density at radius 2 is 0.799 bits per heavy atom. The maximum atomic E-state index is 14.7. The lowest BCUT2D eigenvalue weighted by Crippen LogP contribution is -2.62. The van der Waals surface area contributed by atoms with Gasteiger partial charge in [0.05, 0.1) is 51.1 Å². The molecule has 1 aromatic heterocycles. The van der Waals surface area contributed by atoms with Crippen molar-refractivity contribution in [1.82, 2.24) is 94.6 Å². The Balaban J connectivity index is 1.29. The van der Waals surface area contributed by atoms with E-state index in [1.807, 2.05) is 0 Å². The first-order valence-electron chi connectivity index (χ1n) is 45.8. The van der Waals surface area contributed by atoms with Gasteiger partial charge in [0.1, 0.15) is 108 Å². The third-order valence-corrected chi connectivity index (χ3v) is 22.9. The summed E-state index contributed by atoms with van der Waals surface area (Å²) in [5, 5.41) is 129. The van der Waals surface area contributed by atoms with Crippen molar-refractivity contribution in [3.8, 4) is 17.2 Å². The minimum atomic E-state index is -2.03. The third-order valence-electron chi connectivity index (χ3n) is 22.9. The number of carbonyl (C=O) groups is 19. The van der Waals surface area contributed by atoms with E-state index < -0.39 is 272 Å². The summed E-state index contributed by atoms with van der Waals surface area (Å²) in [7, 11) is 0.